The molecule has 1 aromatic carbocycles. The second kappa shape index (κ2) is 8.32. The summed E-state index contributed by atoms with van der Waals surface area (Å²) in [6.07, 6.45) is 4.58. The maximum atomic E-state index is 12.1. The number of amides is 2. The lowest BCUT2D eigenvalue weighted by atomic mass is 9.93. The number of aliphatic hydroxyl groups is 1. The molecule has 1 heterocycles. The van der Waals surface area contributed by atoms with Crippen LogP contribution in [-0.2, 0) is 0 Å². The first-order valence-corrected chi connectivity index (χ1v) is 8.48. The fraction of sp³-hybridized carbons (Fsp3) is 0.300. The normalized spacial score (nSPS) is 19.4. The van der Waals surface area contributed by atoms with Crippen LogP contribution in [0.2, 0.25) is 0 Å². The SMILES string of the molecule is O=C(Nc1cccc(C#Cc2ccccn2)c1)NC1CCC(O)CC1. The van der Waals surface area contributed by atoms with Gasteiger partial charge in [-0.25, -0.2) is 9.78 Å². The molecule has 1 saturated carbocycles. The van der Waals surface area contributed by atoms with Gasteiger partial charge in [0.05, 0.1) is 6.10 Å². The highest BCUT2D eigenvalue weighted by Gasteiger charge is 2.20. The van der Waals surface area contributed by atoms with Crippen LogP contribution in [0, 0.1) is 11.8 Å². The summed E-state index contributed by atoms with van der Waals surface area (Å²) in [4.78, 5) is 16.3. The zero-order valence-electron chi connectivity index (χ0n) is 13.9. The molecule has 0 aliphatic heterocycles. The van der Waals surface area contributed by atoms with E-state index in [-0.39, 0.29) is 18.2 Å². The molecule has 2 amide bonds. The third-order valence-electron chi connectivity index (χ3n) is 4.15. The average molecular weight is 335 g/mol. The van der Waals surface area contributed by atoms with E-state index >= 15 is 0 Å². The van der Waals surface area contributed by atoms with E-state index in [1.165, 1.54) is 0 Å². The molecule has 0 atom stereocenters. The molecule has 2 aromatic rings. The van der Waals surface area contributed by atoms with Gasteiger partial charge in [-0.2, -0.15) is 0 Å². The molecule has 1 aromatic heterocycles. The van der Waals surface area contributed by atoms with Crippen molar-refractivity contribution in [1.29, 1.82) is 0 Å². The van der Waals surface area contributed by atoms with Crippen molar-refractivity contribution in [2.45, 2.75) is 37.8 Å². The number of nitrogens with one attached hydrogen (secondary N) is 2. The smallest absolute Gasteiger partial charge is 0.319 e. The fourth-order valence-electron chi connectivity index (χ4n) is 2.82. The molecule has 0 radical (unpaired) electrons. The Morgan fingerprint density at radius 3 is 2.68 bits per heavy atom. The molecule has 3 N–H and O–H groups in total. The van der Waals surface area contributed by atoms with Crippen molar-refractivity contribution in [2.75, 3.05) is 5.32 Å². The van der Waals surface area contributed by atoms with Crippen molar-refractivity contribution >= 4 is 11.7 Å². The van der Waals surface area contributed by atoms with Gasteiger partial charge in [-0.15, -0.1) is 0 Å². The highest BCUT2D eigenvalue weighted by Crippen LogP contribution is 2.18. The summed E-state index contributed by atoms with van der Waals surface area (Å²) in [6, 6.07) is 12.9. The van der Waals surface area contributed by atoms with E-state index in [9.17, 15) is 9.90 Å². The number of anilines is 1. The average Bonchev–Trinajstić information content (AvgIpc) is 2.63. The molecule has 5 nitrogen and oxygen atoms in total. The number of aliphatic hydroxyl groups excluding tert-OH is 1. The van der Waals surface area contributed by atoms with Crippen molar-refractivity contribution < 1.29 is 9.90 Å². The Bertz CT molecular complexity index is 772. The fourth-order valence-corrected chi connectivity index (χ4v) is 2.82. The lowest BCUT2D eigenvalue weighted by Gasteiger charge is -2.26. The third-order valence-corrected chi connectivity index (χ3v) is 4.15. The van der Waals surface area contributed by atoms with Gasteiger partial charge in [0, 0.05) is 23.5 Å². The quantitative estimate of drug-likeness (QED) is 0.739. The Kier molecular flexibility index (Phi) is 5.65. The third kappa shape index (κ3) is 5.33. The summed E-state index contributed by atoms with van der Waals surface area (Å²) in [5.74, 6) is 6.05. The number of carbonyl (C=O) groups excluding carboxylic acids is 1. The summed E-state index contributed by atoms with van der Waals surface area (Å²) in [5.41, 5.74) is 2.21. The first kappa shape index (κ1) is 17.0. The van der Waals surface area contributed by atoms with Crippen LogP contribution in [0.15, 0.2) is 48.7 Å². The number of urea groups is 1. The van der Waals surface area contributed by atoms with Gasteiger partial charge in [0.25, 0.3) is 0 Å². The predicted molar refractivity (Wildman–Crippen MR) is 97.1 cm³/mol. The zero-order valence-corrected chi connectivity index (χ0v) is 13.9. The van der Waals surface area contributed by atoms with E-state index < -0.39 is 0 Å². The second-order valence-electron chi connectivity index (χ2n) is 6.15. The van der Waals surface area contributed by atoms with E-state index in [0.717, 1.165) is 31.2 Å². The number of hydrogen-bond donors (Lipinski definition) is 3. The minimum absolute atomic E-state index is 0.121. The van der Waals surface area contributed by atoms with Gasteiger partial charge in [0.15, 0.2) is 0 Å². The van der Waals surface area contributed by atoms with Gasteiger partial charge in [0.1, 0.15) is 5.69 Å². The van der Waals surface area contributed by atoms with Gasteiger partial charge in [-0.3, -0.25) is 0 Å². The molecule has 1 aliphatic carbocycles. The van der Waals surface area contributed by atoms with Gasteiger partial charge in [-0.05, 0) is 61.9 Å². The Hall–Kier alpha value is -2.84. The van der Waals surface area contributed by atoms with Crippen LogP contribution in [0.3, 0.4) is 0 Å². The summed E-state index contributed by atoms with van der Waals surface area (Å²) in [7, 11) is 0. The molecule has 1 aliphatic rings. The molecule has 1 fully saturated rings. The first-order chi connectivity index (χ1) is 12.2. The van der Waals surface area contributed by atoms with E-state index in [2.05, 4.69) is 27.5 Å². The van der Waals surface area contributed by atoms with Gasteiger partial charge in [0.2, 0.25) is 0 Å². The lowest BCUT2D eigenvalue weighted by Crippen LogP contribution is -2.40. The van der Waals surface area contributed by atoms with Crippen LogP contribution in [0.5, 0.6) is 0 Å². The molecule has 0 bridgehead atoms. The van der Waals surface area contributed by atoms with Gasteiger partial charge < -0.3 is 15.7 Å². The summed E-state index contributed by atoms with van der Waals surface area (Å²) < 4.78 is 0. The molecule has 0 unspecified atom stereocenters. The van der Waals surface area contributed by atoms with Gasteiger partial charge >= 0.3 is 6.03 Å². The first-order valence-electron chi connectivity index (χ1n) is 8.48. The van der Waals surface area contributed by atoms with E-state index in [4.69, 9.17) is 0 Å². The molecular formula is C20H21N3O2. The number of hydrogen-bond acceptors (Lipinski definition) is 3. The Balaban J connectivity index is 1.58. The lowest BCUT2D eigenvalue weighted by molar-refractivity contribution is 0.118. The molecule has 25 heavy (non-hydrogen) atoms. The largest absolute Gasteiger partial charge is 0.393 e. The van der Waals surface area contributed by atoms with Crippen molar-refractivity contribution in [3.05, 3.63) is 59.9 Å². The number of rotatable bonds is 2. The van der Waals surface area contributed by atoms with Gasteiger partial charge in [-0.1, -0.05) is 18.1 Å². The van der Waals surface area contributed by atoms with Crippen LogP contribution in [0.1, 0.15) is 36.9 Å². The number of pyridine rings is 1. The maximum absolute atomic E-state index is 12.1. The van der Waals surface area contributed by atoms with Crippen LogP contribution < -0.4 is 10.6 Å². The summed E-state index contributed by atoms with van der Waals surface area (Å²) >= 11 is 0. The summed E-state index contributed by atoms with van der Waals surface area (Å²) in [5, 5.41) is 15.3. The van der Waals surface area contributed by atoms with Crippen molar-refractivity contribution in [1.82, 2.24) is 10.3 Å². The number of benzene rings is 1. The van der Waals surface area contributed by atoms with E-state index in [1.54, 1.807) is 6.20 Å². The molecule has 3 rings (SSSR count). The van der Waals surface area contributed by atoms with E-state index in [0.29, 0.717) is 11.4 Å². The molecule has 0 saturated heterocycles. The standard InChI is InChI=1S/C20H21N3O2/c24-19-11-9-17(10-12-19)22-20(25)23-18-6-3-4-15(14-18)7-8-16-5-1-2-13-21-16/h1-6,13-14,17,19,24H,9-12H2,(H2,22,23,25). The minimum atomic E-state index is -0.226. The highest BCUT2D eigenvalue weighted by atomic mass is 16.3. The van der Waals surface area contributed by atoms with Crippen LogP contribution >= 0.6 is 0 Å². The molecule has 0 spiro atoms. The Morgan fingerprint density at radius 1 is 1.08 bits per heavy atom. The highest BCUT2D eigenvalue weighted by molar-refractivity contribution is 5.89. The number of nitrogens with zero attached hydrogens (tertiary/aromatic N) is 1. The topological polar surface area (TPSA) is 74.2 Å². The van der Waals surface area contributed by atoms with Crippen molar-refractivity contribution in [3.8, 4) is 11.8 Å². The van der Waals surface area contributed by atoms with Crippen LogP contribution in [0.4, 0.5) is 10.5 Å². The predicted octanol–water partition coefficient (Wildman–Crippen LogP) is 2.91. The Labute approximate surface area is 147 Å². The maximum Gasteiger partial charge on any atom is 0.319 e. The monoisotopic (exact) mass is 335 g/mol. The zero-order chi connectivity index (χ0) is 17.5. The Morgan fingerprint density at radius 2 is 1.92 bits per heavy atom. The second-order valence-corrected chi connectivity index (χ2v) is 6.15. The van der Waals surface area contributed by atoms with Crippen LogP contribution in [-0.4, -0.2) is 28.3 Å². The number of carbonyl (C=O) groups is 1. The summed E-state index contributed by atoms with van der Waals surface area (Å²) in [6.45, 7) is 0. The molecule has 5 heteroatoms. The molecule has 128 valence electrons. The van der Waals surface area contributed by atoms with Crippen LogP contribution in [0.25, 0.3) is 0 Å². The van der Waals surface area contributed by atoms with Crippen molar-refractivity contribution in [2.24, 2.45) is 0 Å². The molecular weight excluding hydrogens is 314 g/mol. The van der Waals surface area contributed by atoms with Crippen molar-refractivity contribution in [3.63, 3.8) is 0 Å². The minimum Gasteiger partial charge on any atom is -0.393 e. The van der Waals surface area contributed by atoms with E-state index in [1.807, 2.05) is 42.5 Å². The number of aromatic nitrogens is 1.